The van der Waals surface area contributed by atoms with E-state index in [0.717, 1.165) is 53.1 Å². The first-order valence-corrected chi connectivity index (χ1v) is 18.7. The monoisotopic (exact) mass is 765 g/mol. The summed E-state index contributed by atoms with van der Waals surface area (Å²) in [7, 11) is 1.14. The van der Waals surface area contributed by atoms with E-state index in [1.165, 1.54) is 13.8 Å². The second-order valence-corrected chi connectivity index (χ2v) is 16.0. The molecule has 1 aliphatic heterocycles. The van der Waals surface area contributed by atoms with Crippen molar-refractivity contribution in [2.75, 3.05) is 13.7 Å². The maximum atomic E-state index is 12.9. The second-order valence-electron chi connectivity index (χ2n) is 16.0. The fraction of sp³-hybridized carbons (Fsp3) is 0.811. The Bertz CT molecular complexity index is 1520. The van der Waals surface area contributed by atoms with Gasteiger partial charge in [0.05, 0.1) is 13.2 Å². The summed E-state index contributed by atoms with van der Waals surface area (Å²) in [4.78, 5) is 72.8. The molecule has 302 valence electrons. The molecular formula is C37H55N3O14. The zero-order valence-corrected chi connectivity index (χ0v) is 32.1. The van der Waals surface area contributed by atoms with Gasteiger partial charge in [-0.1, -0.05) is 13.8 Å². The number of esters is 5. The Labute approximate surface area is 314 Å². The van der Waals surface area contributed by atoms with Crippen molar-refractivity contribution in [3.8, 4) is 0 Å². The first-order chi connectivity index (χ1) is 25.3. The van der Waals surface area contributed by atoms with Crippen molar-refractivity contribution in [1.29, 1.82) is 0 Å². The molecule has 0 bridgehead atoms. The Morgan fingerprint density at radius 1 is 0.815 bits per heavy atom. The van der Waals surface area contributed by atoms with Crippen molar-refractivity contribution in [1.82, 2.24) is 5.43 Å². The molecule has 5 fully saturated rings. The van der Waals surface area contributed by atoms with Crippen molar-refractivity contribution >= 4 is 41.6 Å². The number of ether oxygens (including phenoxy) is 7. The van der Waals surface area contributed by atoms with Crippen LogP contribution in [-0.2, 0) is 57.1 Å². The SMILES string of the molecule is COC(=O)[C@@H]1O[C@@H](O[C@@H]2CC[C@]3(C)[C@H](CC[C@@H]4[C@@H]3CC[C@@]3(C)[C@H]4CC[C@]3(O)/C(COC(C)=O)=N\NC(N)=O)C2)[C@H](OC(C)=O)[C@@H](OC(C)=O)[C@@H]1OC(C)=O. The largest absolute Gasteiger partial charge is 0.467 e. The number of fused-ring (bicyclic) bond motifs is 5. The number of carbonyl (C=O) groups excluding carboxylic acids is 6. The topological polar surface area (TPSA) is 238 Å². The van der Waals surface area contributed by atoms with Crippen molar-refractivity contribution in [3.05, 3.63) is 0 Å². The average molecular weight is 766 g/mol. The lowest BCUT2D eigenvalue weighted by atomic mass is 9.44. The summed E-state index contributed by atoms with van der Waals surface area (Å²) >= 11 is 0. The van der Waals surface area contributed by atoms with Gasteiger partial charge in [-0.3, -0.25) is 19.2 Å². The molecule has 1 saturated heterocycles. The summed E-state index contributed by atoms with van der Waals surface area (Å²) in [6.07, 6.45) is -0.889. The highest BCUT2D eigenvalue weighted by Crippen LogP contribution is 2.68. The lowest BCUT2D eigenvalue weighted by Gasteiger charge is -2.62. The molecule has 0 aromatic carbocycles. The fourth-order valence-corrected chi connectivity index (χ4v) is 10.7. The number of hydrogen-bond acceptors (Lipinski definition) is 15. The molecule has 1 heterocycles. The number of amides is 2. The van der Waals surface area contributed by atoms with Gasteiger partial charge in [0, 0.05) is 33.1 Å². The lowest BCUT2D eigenvalue weighted by molar-refractivity contribution is -0.315. The van der Waals surface area contributed by atoms with E-state index in [1.807, 2.05) is 0 Å². The van der Waals surface area contributed by atoms with Crippen LogP contribution in [0.4, 0.5) is 4.79 Å². The third-order valence-corrected chi connectivity index (χ3v) is 13.1. The van der Waals surface area contributed by atoms with Crippen LogP contribution in [0.5, 0.6) is 0 Å². The number of hydrazone groups is 1. The molecule has 0 radical (unpaired) electrons. The quantitative estimate of drug-likeness (QED) is 0.0953. The summed E-state index contributed by atoms with van der Waals surface area (Å²) in [5.41, 5.74) is 5.64. The number of methoxy groups -OCH3 is 1. The molecule has 17 heteroatoms. The van der Waals surface area contributed by atoms with E-state index in [0.29, 0.717) is 37.5 Å². The average Bonchev–Trinajstić information content (AvgIpc) is 3.36. The smallest absolute Gasteiger partial charge is 0.339 e. The minimum atomic E-state index is -1.53. The van der Waals surface area contributed by atoms with Crippen LogP contribution < -0.4 is 11.2 Å². The number of carbonyl (C=O) groups is 6. The molecule has 0 unspecified atom stereocenters. The third-order valence-electron chi connectivity index (χ3n) is 13.1. The molecule has 54 heavy (non-hydrogen) atoms. The molecular weight excluding hydrogens is 710 g/mol. The van der Waals surface area contributed by atoms with Gasteiger partial charge in [-0.15, -0.1) is 0 Å². The normalized spacial score (nSPS) is 40.1. The number of nitrogens with zero attached hydrogens (tertiary/aromatic N) is 1. The van der Waals surface area contributed by atoms with Crippen molar-refractivity contribution in [2.45, 2.75) is 142 Å². The van der Waals surface area contributed by atoms with E-state index in [9.17, 15) is 33.9 Å². The number of nitrogens with one attached hydrogen (secondary N) is 1. The predicted octanol–water partition coefficient (Wildman–Crippen LogP) is 2.43. The highest BCUT2D eigenvalue weighted by atomic mass is 16.7. The minimum absolute atomic E-state index is 0.0506. The van der Waals surface area contributed by atoms with Crippen LogP contribution in [0.25, 0.3) is 0 Å². The van der Waals surface area contributed by atoms with Gasteiger partial charge in [-0.25, -0.2) is 15.0 Å². The highest BCUT2D eigenvalue weighted by Gasteiger charge is 2.66. The van der Waals surface area contributed by atoms with Crippen molar-refractivity contribution in [2.24, 2.45) is 45.3 Å². The molecule has 5 rings (SSSR count). The first-order valence-electron chi connectivity index (χ1n) is 18.7. The standard InChI is InChI=1S/C37H55N3O14/c1-18(41)49-17-27(39-40-34(38)46)37(47)15-12-26-24-9-8-22-16-23(10-13-35(22,5)25(24)11-14-36(26,37)6)53-33-31(52-21(4)44)29(51-20(3)43)28(50-19(2)42)30(54-33)32(45)48-7/h22-26,28-31,33,47H,8-17H2,1-7H3,(H3,38,40,46)/b39-27-/t22-,23-,24-,25+,26+,28+,29+,30-,31-,33-,35-,36+,37+/m1/s1. The summed E-state index contributed by atoms with van der Waals surface area (Å²) < 4.78 is 39.2. The maximum absolute atomic E-state index is 12.9. The van der Waals surface area contributed by atoms with Gasteiger partial charge < -0.3 is 44.0 Å². The maximum Gasteiger partial charge on any atom is 0.339 e. The van der Waals surface area contributed by atoms with E-state index >= 15 is 0 Å². The number of nitrogens with two attached hydrogens (primary N) is 1. The molecule has 0 aromatic rings. The molecule has 4 aliphatic carbocycles. The van der Waals surface area contributed by atoms with Crippen molar-refractivity contribution in [3.63, 3.8) is 0 Å². The van der Waals surface area contributed by atoms with E-state index in [-0.39, 0.29) is 35.7 Å². The number of aliphatic hydroxyl groups is 1. The summed E-state index contributed by atoms with van der Waals surface area (Å²) in [5.74, 6) is -2.60. The van der Waals surface area contributed by atoms with Crippen LogP contribution >= 0.6 is 0 Å². The third kappa shape index (κ3) is 7.94. The second kappa shape index (κ2) is 16.1. The fourth-order valence-electron chi connectivity index (χ4n) is 10.7. The van der Waals surface area contributed by atoms with Crippen LogP contribution in [0.2, 0.25) is 0 Å². The van der Waals surface area contributed by atoms with Crippen LogP contribution in [0.15, 0.2) is 5.10 Å². The van der Waals surface area contributed by atoms with Crippen LogP contribution in [0, 0.1) is 34.5 Å². The Morgan fingerprint density at radius 3 is 2.06 bits per heavy atom. The molecule has 13 atom stereocenters. The van der Waals surface area contributed by atoms with E-state index < -0.39 is 77.6 Å². The lowest BCUT2D eigenvalue weighted by Crippen LogP contribution is -2.64. The Kier molecular flexibility index (Phi) is 12.3. The first kappa shape index (κ1) is 41.3. The Morgan fingerprint density at radius 2 is 1.44 bits per heavy atom. The van der Waals surface area contributed by atoms with Gasteiger partial charge in [-0.05, 0) is 86.9 Å². The zero-order chi connectivity index (χ0) is 39.7. The number of urea groups is 1. The van der Waals surface area contributed by atoms with Crippen molar-refractivity contribution < 1.29 is 67.0 Å². The Balaban J connectivity index is 1.34. The highest BCUT2D eigenvalue weighted by molar-refractivity contribution is 5.96. The molecule has 17 nitrogen and oxygen atoms in total. The minimum Gasteiger partial charge on any atom is -0.467 e. The predicted molar refractivity (Wildman–Crippen MR) is 186 cm³/mol. The van der Waals surface area contributed by atoms with Gasteiger partial charge >= 0.3 is 35.9 Å². The molecule has 5 aliphatic rings. The molecule has 0 spiro atoms. The van der Waals surface area contributed by atoms with E-state index in [2.05, 4.69) is 24.4 Å². The molecule has 4 saturated carbocycles. The van der Waals surface area contributed by atoms with Crippen LogP contribution in [0.3, 0.4) is 0 Å². The van der Waals surface area contributed by atoms with E-state index in [1.54, 1.807) is 0 Å². The van der Waals surface area contributed by atoms with Gasteiger partial charge in [0.15, 0.2) is 30.7 Å². The van der Waals surface area contributed by atoms with Gasteiger partial charge in [0.2, 0.25) is 0 Å². The van der Waals surface area contributed by atoms with Crippen LogP contribution in [-0.4, -0.2) is 103 Å². The number of primary amides is 1. The molecule has 2 amide bonds. The van der Waals surface area contributed by atoms with Crippen LogP contribution in [0.1, 0.15) is 99.3 Å². The van der Waals surface area contributed by atoms with E-state index in [4.69, 9.17) is 38.9 Å². The number of hydrogen-bond donors (Lipinski definition) is 3. The summed E-state index contributed by atoms with van der Waals surface area (Å²) in [6.45, 7) is 8.86. The Hall–Kier alpha value is -3.83. The number of rotatable bonds is 10. The summed E-state index contributed by atoms with van der Waals surface area (Å²) in [6, 6.07) is -0.885. The van der Waals surface area contributed by atoms with Gasteiger partial charge in [-0.2, -0.15) is 5.10 Å². The van der Waals surface area contributed by atoms with Gasteiger partial charge in [0.25, 0.3) is 0 Å². The molecule has 0 aromatic heterocycles. The molecule has 4 N–H and O–H groups in total. The summed E-state index contributed by atoms with van der Waals surface area (Å²) in [5, 5.41) is 16.5. The van der Waals surface area contributed by atoms with Gasteiger partial charge in [0.1, 0.15) is 17.9 Å². The zero-order valence-electron chi connectivity index (χ0n) is 32.1.